The number of nitrogens with zero attached hydrogens (tertiary/aromatic N) is 2. The largest absolute Gasteiger partial charge is 0.317 e. The fourth-order valence-electron chi connectivity index (χ4n) is 1.67. The Bertz CT molecular complexity index is 346. The standard InChI is InChI=1S/C10H15N3OS/c1-8-2-3-10(13-12-8)15(14)9-4-6-11-7-5-9/h2-3,9,11H,4-7H2,1H3. The Balaban J connectivity index is 2.09. The van der Waals surface area contributed by atoms with Gasteiger partial charge < -0.3 is 5.32 Å². The van der Waals surface area contributed by atoms with Crippen LogP contribution in [0.25, 0.3) is 0 Å². The van der Waals surface area contributed by atoms with Crippen molar-refractivity contribution < 1.29 is 4.21 Å². The first-order valence-electron chi connectivity index (χ1n) is 5.19. The van der Waals surface area contributed by atoms with Crippen LogP contribution in [-0.2, 0) is 10.8 Å². The summed E-state index contributed by atoms with van der Waals surface area (Å²) < 4.78 is 12.1. The molecule has 1 unspecified atom stereocenters. The van der Waals surface area contributed by atoms with E-state index < -0.39 is 10.8 Å². The van der Waals surface area contributed by atoms with Crippen LogP contribution in [0.1, 0.15) is 18.5 Å². The smallest absolute Gasteiger partial charge is 0.150 e. The minimum absolute atomic E-state index is 0.239. The molecule has 1 fully saturated rings. The first-order valence-corrected chi connectivity index (χ1v) is 6.40. The maximum Gasteiger partial charge on any atom is 0.150 e. The summed E-state index contributed by atoms with van der Waals surface area (Å²) in [7, 11) is -0.992. The monoisotopic (exact) mass is 225 g/mol. The average molecular weight is 225 g/mol. The molecule has 1 aromatic rings. The Labute approximate surface area is 91.9 Å². The second kappa shape index (κ2) is 4.81. The molecule has 1 aliphatic heterocycles. The zero-order valence-corrected chi connectivity index (χ0v) is 9.59. The summed E-state index contributed by atoms with van der Waals surface area (Å²) in [4.78, 5) is 0. The second-order valence-corrected chi connectivity index (χ2v) is 5.44. The quantitative estimate of drug-likeness (QED) is 0.802. The van der Waals surface area contributed by atoms with E-state index >= 15 is 0 Å². The van der Waals surface area contributed by atoms with Gasteiger partial charge >= 0.3 is 0 Å². The Morgan fingerprint density at radius 3 is 2.67 bits per heavy atom. The van der Waals surface area contributed by atoms with Gasteiger partial charge in [-0.25, -0.2) is 0 Å². The topological polar surface area (TPSA) is 54.9 Å². The molecule has 0 spiro atoms. The van der Waals surface area contributed by atoms with E-state index in [1.165, 1.54) is 0 Å². The lowest BCUT2D eigenvalue weighted by Crippen LogP contribution is -2.33. The zero-order chi connectivity index (χ0) is 10.7. The van der Waals surface area contributed by atoms with Crippen molar-refractivity contribution in [2.75, 3.05) is 13.1 Å². The Hall–Kier alpha value is -0.810. The molecule has 2 rings (SSSR count). The van der Waals surface area contributed by atoms with Crippen molar-refractivity contribution in [3.63, 3.8) is 0 Å². The third-order valence-electron chi connectivity index (χ3n) is 2.57. The highest BCUT2D eigenvalue weighted by Gasteiger charge is 2.21. The van der Waals surface area contributed by atoms with E-state index in [9.17, 15) is 4.21 Å². The van der Waals surface area contributed by atoms with Crippen LogP contribution in [0.3, 0.4) is 0 Å². The number of hydrogen-bond donors (Lipinski definition) is 1. The molecule has 4 nitrogen and oxygen atoms in total. The Morgan fingerprint density at radius 1 is 1.33 bits per heavy atom. The number of hydrogen-bond acceptors (Lipinski definition) is 4. The van der Waals surface area contributed by atoms with Gasteiger partial charge in [0.25, 0.3) is 0 Å². The van der Waals surface area contributed by atoms with Gasteiger partial charge in [-0.1, -0.05) is 0 Å². The lowest BCUT2D eigenvalue weighted by Gasteiger charge is -2.21. The van der Waals surface area contributed by atoms with Gasteiger partial charge in [-0.2, -0.15) is 5.10 Å². The van der Waals surface area contributed by atoms with E-state index in [1.54, 1.807) is 0 Å². The predicted molar refractivity (Wildman–Crippen MR) is 59.1 cm³/mol. The predicted octanol–water partition coefficient (Wildman–Crippen LogP) is 0.645. The zero-order valence-electron chi connectivity index (χ0n) is 8.77. The normalized spacial score (nSPS) is 20.1. The van der Waals surface area contributed by atoms with Gasteiger partial charge in [0.15, 0.2) is 0 Å². The molecule has 1 atom stereocenters. The minimum Gasteiger partial charge on any atom is -0.317 e. The van der Waals surface area contributed by atoms with E-state index in [1.807, 2.05) is 19.1 Å². The van der Waals surface area contributed by atoms with E-state index in [0.717, 1.165) is 31.6 Å². The molecule has 5 heteroatoms. The molecule has 82 valence electrons. The summed E-state index contributed by atoms with van der Waals surface area (Å²) in [5, 5.41) is 12.0. The molecule has 1 N–H and O–H groups in total. The van der Waals surface area contributed by atoms with Gasteiger partial charge in [-0.15, -0.1) is 5.10 Å². The molecule has 0 amide bonds. The summed E-state index contributed by atoms with van der Waals surface area (Å²) in [5.74, 6) is 0. The Morgan fingerprint density at radius 2 is 2.07 bits per heavy atom. The lowest BCUT2D eigenvalue weighted by atomic mass is 10.2. The molecular weight excluding hydrogens is 210 g/mol. The van der Waals surface area contributed by atoms with Gasteiger partial charge in [0.2, 0.25) is 0 Å². The summed E-state index contributed by atoms with van der Waals surface area (Å²) in [5.41, 5.74) is 0.862. The SMILES string of the molecule is Cc1ccc(S(=O)C2CCNCC2)nn1. The summed E-state index contributed by atoms with van der Waals surface area (Å²) in [6, 6.07) is 3.68. The highest BCUT2D eigenvalue weighted by molar-refractivity contribution is 7.85. The summed E-state index contributed by atoms with van der Waals surface area (Å²) >= 11 is 0. The second-order valence-electron chi connectivity index (χ2n) is 3.76. The van der Waals surface area contributed by atoms with Crippen LogP contribution >= 0.6 is 0 Å². The van der Waals surface area contributed by atoms with Gasteiger partial charge in [0, 0.05) is 5.25 Å². The number of aryl methyl sites for hydroxylation is 1. The van der Waals surface area contributed by atoms with Crippen LogP contribution in [0, 0.1) is 6.92 Å². The summed E-state index contributed by atoms with van der Waals surface area (Å²) in [6.45, 7) is 3.79. The molecule has 1 aromatic heterocycles. The van der Waals surface area contributed by atoms with Crippen molar-refractivity contribution in [2.45, 2.75) is 30.0 Å². The number of nitrogens with one attached hydrogen (secondary N) is 1. The van der Waals surface area contributed by atoms with E-state index in [2.05, 4.69) is 15.5 Å². The average Bonchev–Trinajstić information content (AvgIpc) is 2.30. The van der Waals surface area contributed by atoms with Crippen molar-refractivity contribution in [1.82, 2.24) is 15.5 Å². The third kappa shape index (κ3) is 2.60. The molecular formula is C10H15N3OS. The van der Waals surface area contributed by atoms with Crippen LogP contribution in [0.5, 0.6) is 0 Å². The molecule has 2 heterocycles. The van der Waals surface area contributed by atoms with Crippen molar-refractivity contribution in [3.05, 3.63) is 17.8 Å². The van der Waals surface area contributed by atoms with E-state index in [0.29, 0.717) is 5.03 Å². The van der Waals surface area contributed by atoms with Crippen LogP contribution in [0.15, 0.2) is 17.2 Å². The highest BCUT2D eigenvalue weighted by atomic mass is 32.2. The fraction of sp³-hybridized carbons (Fsp3) is 0.600. The molecule has 1 aliphatic rings. The van der Waals surface area contributed by atoms with Crippen molar-refractivity contribution >= 4 is 10.8 Å². The van der Waals surface area contributed by atoms with Crippen LogP contribution in [0.2, 0.25) is 0 Å². The molecule has 0 saturated carbocycles. The first kappa shape index (κ1) is 10.7. The fourth-order valence-corrected chi connectivity index (χ4v) is 3.00. The number of piperidine rings is 1. The Kier molecular flexibility index (Phi) is 3.43. The van der Waals surface area contributed by atoms with Crippen LogP contribution in [0.4, 0.5) is 0 Å². The van der Waals surface area contributed by atoms with Gasteiger partial charge in [-0.3, -0.25) is 4.21 Å². The maximum absolute atomic E-state index is 12.1. The number of rotatable bonds is 2. The van der Waals surface area contributed by atoms with Crippen molar-refractivity contribution in [2.24, 2.45) is 0 Å². The van der Waals surface area contributed by atoms with Crippen LogP contribution in [-0.4, -0.2) is 32.7 Å². The summed E-state index contributed by atoms with van der Waals surface area (Å²) in [6.07, 6.45) is 1.92. The molecule has 0 bridgehead atoms. The maximum atomic E-state index is 12.1. The number of aromatic nitrogens is 2. The molecule has 0 radical (unpaired) electrons. The molecule has 1 saturated heterocycles. The van der Waals surface area contributed by atoms with E-state index in [4.69, 9.17) is 0 Å². The van der Waals surface area contributed by atoms with Gasteiger partial charge in [0.05, 0.1) is 16.5 Å². The molecule has 0 aliphatic carbocycles. The van der Waals surface area contributed by atoms with Crippen molar-refractivity contribution in [3.8, 4) is 0 Å². The van der Waals surface area contributed by atoms with Crippen LogP contribution < -0.4 is 5.32 Å². The van der Waals surface area contributed by atoms with E-state index in [-0.39, 0.29) is 5.25 Å². The molecule has 0 aromatic carbocycles. The lowest BCUT2D eigenvalue weighted by molar-refractivity contribution is 0.518. The first-order chi connectivity index (χ1) is 7.27. The van der Waals surface area contributed by atoms with Gasteiger partial charge in [-0.05, 0) is 45.0 Å². The minimum atomic E-state index is -0.992. The highest BCUT2D eigenvalue weighted by Crippen LogP contribution is 2.15. The molecule has 15 heavy (non-hydrogen) atoms. The van der Waals surface area contributed by atoms with Crippen molar-refractivity contribution in [1.29, 1.82) is 0 Å². The third-order valence-corrected chi connectivity index (χ3v) is 4.28. The van der Waals surface area contributed by atoms with Gasteiger partial charge in [0.1, 0.15) is 5.03 Å².